The molecule has 1 atom stereocenters. The Labute approximate surface area is 104 Å². The number of nitrogens with zero attached hydrogens (tertiary/aromatic N) is 2. The van der Waals surface area contributed by atoms with Crippen LogP contribution in [0.2, 0.25) is 0 Å². The molecule has 1 saturated carbocycles. The average Bonchev–Trinajstić information content (AvgIpc) is 2.84. The van der Waals surface area contributed by atoms with Crippen LogP contribution in [0.4, 0.5) is 0 Å². The molecule has 0 aromatic rings. The second kappa shape index (κ2) is 4.55. The molecule has 94 valence electrons. The Bertz CT molecular complexity index is 355. The Morgan fingerprint density at radius 1 is 1.24 bits per heavy atom. The van der Waals surface area contributed by atoms with Crippen LogP contribution in [0.25, 0.3) is 0 Å². The molecule has 0 bridgehead atoms. The third kappa shape index (κ3) is 1.88. The van der Waals surface area contributed by atoms with Crippen molar-refractivity contribution in [2.24, 2.45) is 0 Å². The number of amides is 1. The summed E-state index contributed by atoms with van der Waals surface area (Å²) >= 11 is 0. The molecular formula is C14H22N2O. The molecule has 3 heteroatoms. The van der Waals surface area contributed by atoms with Crippen LogP contribution < -0.4 is 0 Å². The molecular weight excluding hydrogens is 212 g/mol. The maximum Gasteiger partial charge on any atom is 0.249 e. The van der Waals surface area contributed by atoms with E-state index in [1.54, 1.807) is 11.9 Å². The summed E-state index contributed by atoms with van der Waals surface area (Å²) in [7, 11) is 1.80. The molecule has 1 aliphatic carbocycles. The zero-order chi connectivity index (χ0) is 12.6. The highest BCUT2D eigenvalue weighted by atomic mass is 16.2. The lowest BCUT2D eigenvalue weighted by molar-refractivity contribution is -0.136. The van der Waals surface area contributed by atoms with Gasteiger partial charge < -0.3 is 9.80 Å². The highest BCUT2D eigenvalue weighted by Gasteiger charge is 2.39. The fourth-order valence-electron chi connectivity index (χ4n) is 3.03. The van der Waals surface area contributed by atoms with Gasteiger partial charge in [0.05, 0.1) is 11.4 Å². The number of carbonyl (C=O) groups is 1. The van der Waals surface area contributed by atoms with Crippen LogP contribution in [0.15, 0.2) is 24.6 Å². The minimum atomic E-state index is -0.0406. The number of carbonyl (C=O) groups excluding carboxylic acids is 1. The van der Waals surface area contributed by atoms with Crippen LogP contribution in [-0.4, -0.2) is 34.8 Å². The SMILES string of the molecule is C=C1C(=C)N(C2CCCC2)C(CC)C(=O)N1C. The normalized spacial score (nSPS) is 27.2. The van der Waals surface area contributed by atoms with Gasteiger partial charge >= 0.3 is 0 Å². The first-order valence-electron chi connectivity index (χ1n) is 6.52. The molecule has 1 saturated heterocycles. The number of likely N-dealkylation sites (N-methyl/N-ethyl adjacent to an activating group) is 1. The highest BCUT2D eigenvalue weighted by Crippen LogP contribution is 2.35. The molecule has 0 spiro atoms. The fourth-order valence-corrected chi connectivity index (χ4v) is 3.03. The van der Waals surface area contributed by atoms with Gasteiger partial charge in [0.25, 0.3) is 0 Å². The van der Waals surface area contributed by atoms with Crippen molar-refractivity contribution >= 4 is 5.91 Å². The second-order valence-corrected chi connectivity index (χ2v) is 5.06. The van der Waals surface area contributed by atoms with E-state index in [9.17, 15) is 4.79 Å². The van der Waals surface area contributed by atoms with E-state index in [-0.39, 0.29) is 11.9 Å². The molecule has 1 heterocycles. The highest BCUT2D eigenvalue weighted by molar-refractivity contribution is 5.86. The monoisotopic (exact) mass is 234 g/mol. The van der Waals surface area contributed by atoms with Crippen molar-refractivity contribution < 1.29 is 4.79 Å². The van der Waals surface area contributed by atoms with Gasteiger partial charge in [0.2, 0.25) is 5.91 Å². The Morgan fingerprint density at radius 3 is 2.35 bits per heavy atom. The zero-order valence-electron chi connectivity index (χ0n) is 10.9. The van der Waals surface area contributed by atoms with Crippen molar-refractivity contribution in [2.45, 2.75) is 51.1 Å². The predicted octanol–water partition coefficient (Wildman–Crippen LogP) is 2.51. The van der Waals surface area contributed by atoms with Crippen LogP contribution in [-0.2, 0) is 4.79 Å². The van der Waals surface area contributed by atoms with Gasteiger partial charge in [-0.25, -0.2) is 0 Å². The largest absolute Gasteiger partial charge is 0.355 e. The van der Waals surface area contributed by atoms with E-state index in [1.165, 1.54) is 25.7 Å². The smallest absolute Gasteiger partial charge is 0.249 e. The third-order valence-electron chi connectivity index (χ3n) is 4.11. The molecule has 2 rings (SSSR count). The van der Waals surface area contributed by atoms with Crippen molar-refractivity contribution in [3.8, 4) is 0 Å². The van der Waals surface area contributed by atoms with E-state index in [0.717, 1.165) is 17.8 Å². The third-order valence-corrected chi connectivity index (χ3v) is 4.11. The fraction of sp³-hybridized carbons (Fsp3) is 0.643. The van der Waals surface area contributed by atoms with Gasteiger partial charge in [0.1, 0.15) is 6.04 Å². The van der Waals surface area contributed by atoms with Gasteiger partial charge in [-0.05, 0) is 19.3 Å². The first-order valence-corrected chi connectivity index (χ1v) is 6.52. The van der Waals surface area contributed by atoms with Crippen LogP contribution in [0.3, 0.4) is 0 Å². The summed E-state index contributed by atoms with van der Waals surface area (Å²) < 4.78 is 0. The zero-order valence-corrected chi connectivity index (χ0v) is 10.9. The molecule has 1 unspecified atom stereocenters. The molecule has 17 heavy (non-hydrogen) atoms. The number of hydrogen-bond donors (Lipinski definition) is 0. The Hall–Kier alpha value is -1.25. The second-order valence-electron chi connectivity index (χ2n) is 5.06. The van der Waals surface area contributed by atoms with Crippen LogP contribution in [0.1, 0.15) is 39.0 Å². The number of hydrogen-bond acceptors (Lipinski definition) is 2. The van der Waals surface area contributed by atoms with E-state index >= 15 is 0 Å². The van der Waals surface area contributed by atoms with Gasteiger partial charge in [-0.3, -0.25) is 4.79 Å². The summed E-state index contributed by atoms with van der Waals surface area (Å²) in [6, 6.07) is 0.447. The Kier molecular flexibility index (Phi) is 3.27. The van der Waals surface area contributed by atoms with Crippen molar-refractivity contribution in [1.29, 1.82) is 0 Å². The van der Waals surface area contributed by atoms with E-state index in [4.69, 9.17) is 0 Å². The van der Waals surface area contributed by atoms with Crippen LogP contribution in [0.5, 0.6) is 0 Å². The molecule has 1 amide bonds. The molecule has 0 N–H and O–H groups in total. The predicted molar refractivity (Wildman–Crippen MR) is 69.2 cm³/mol. The number of rotatable bonds is 2. The number of piperazine rings is 1. The Morgan fingerprint density at radius 2 is 1.82 bits per heavy atom. The van der Waals surface area contributed by atoms with E-state index < -0.39 is 0 Å². The summed E-state index contributed by atoms with van der Waals surface area (Å²) in [4.78, 5) is 16.2. The summed E-state index contributed by atoms with van der Waals surface area (Å²) in [6.07, 6.45) is 5.73. The van der Waals surface area contributed by atoms with Crippen molar-refractivity contribution in [3.05, 3.63) is 24.6 Å². The Balaban J connectivity index is 2.29. The topological polar surface area (TPSA) is 23.6 Å². The molecule has 2 aliphatic rings. The van der Waals surface area contributed by atoms with Gasteiger partial charge in [-0.1, -0.05) is 32.9 Å². The molecule has 0 radical (unpaired) electrons. The van der Waals surface area contributed by atoms with E-state index in [1.807, 2.05) is 0 Å². The molecule has 0 aromatic heterocycles. The summed E-state index contributed by atoms with van der Waals surface area (Å²) in [5, 5.41) is 0. The molecule has 1 aliphatic heterocycles. The summed E-state index contributed by atoms with van der Waals surface area (Å²) in [5.74, 6) is 0.164. The van der Waals surface area contributed by atoms with Gasteiger partial charge in [-0.15, -0.1) is 0 Å². The maximum absolute atomic E-state index is 12.3. The first kappa shape index (κ1) is 12.2. The first-order chi connectivity index (χ1) is 8.07. The lowest BCUT2D eigenvalue weighted by Gasteiger charge is -2.46. The minimum Gasteiger partial charge on any atom is -0.355 e. The van der Waals surface area contributed by atoms with Crippen molar-refractivity contribution in [3.63, 3.8) is 0 Å². The quantitative estimate of drug-likeness (QED) is 0.733. The van der Waals surface area contributed by atoms with E-state index in [2.05, 4.69) is 25.0 Å². The standard InChI is InChI=1S/C14H22N2O/c1-5-13-14(17)15(4)10(2)11(3)16(13)12-8-6-7-9-12/h12-13H,2-3,5-9H2,1,4H3. The van der Waals surface area contributed by atoms with Gasteiger partial charge in [0.15, 0.2) is 0 Å². The van der Waals surface area contributed by atoms with Crippen molar-refractivity contribution in [1.82, 2.24) is 9.80 Å². The summed E-state index contributed by atoms with van der Waals surface area (Å²) in [6.45, 7) is 10.2. The van der Waals surface area contributed by atoms with Crippen LogP contribution >= 0.6 is 0 Å². The average molecular weight is 234 g/mol. The van der Waals surface area contributed by atoms with Gasteiger partial charge in [0, 0.05) is 13.1 Å². The maximum atomic E-state index is 12.3. The molecule has 3 nitrogen and oxygen atoms in total. The molecule has 2 fully saturated rings. The minimum absolute atomic E-state index is 0.0406. The van der Waals surface area contributed by atoms with Crippen molar-refractivity contribution in [2.75, 3.05) is 7.05 Å². The lowest BCUT2D eigenvalue weighted by Crippen LogP contribution is -2.55. The van der Waals surface area contributed by atoms with Crippen LogP contribution in [0, 0.1) is 0 Å². The molecule has 0 aromatic carbocycles. The van der Waals surface area contributed by atoms with E-state index in [0.29, 0.717) is 6.04 Å². The summed E-state index contributed by atoms with van der Waals surface area (Å²) in [5.41, 5.74) is 1.69. The van der Waals surface area contributed by atoms with Gasteiger partial charge in [-0.2, -0.15) is 0 Å². The lowest BCUT2D eigenvalue weighted by atomic mass is 10.0.